The highest BCUT2D eigenvalue weighted by atomic mass is 32.1. The predicted octanol–water partition coefficient (Wildman–Crippen LogP) is 6.81. The third-order valence-corrected chi connectivity index (χ3v) is 10.9. The molecule has 10 nitrogen and oxygen atoms in total. The third-order valence-electron chi connectivity index (χ3n) is 7.20. The molecule has 0 amide bonds. The van der Waals surface area contributed by atoms with Gasteiger partial charge in [-0.1, -0.05) is 0 Å². The molecule has 258 valence electrons. The van der Waals surface area contributed by atoms with Crippen molar-refractivity contribution in [3.8, 4) is 23.0 Å². The van der Waals surface area contributed by atoms with Gasteiger partial charge < -0.3 is 48.1 Å². The minimum atomic E-state index is -0.0313. The largest absolute Gasteiger partial charge is 0.489 e. The molecule has 0 aliphatic carbocycles. The van der Waals surface area contributed by atoms with Crippen LogP contribution in [-0.4, -0.2) is 103 Å². The second kappa shape index (κ2) is 18.3. The van der Waals surface area contributed by atoms with Crippen LogP contribution in [0.2, 0.25) is 0 Å². The van der Waals surface area contributed by atoms with Crippen LogP contribution in [0.15, 0.2) is 45.8 Å². The first-order valence-electron chi connectivity index (χ1n) is 15.7. The summed E-state index contributed by atoms with van der Waals surface area (Å²) in [6.07, 6.45) is 0. The van der Waals surface area contributed by atoms with E-state index >= 15 is 0 Å². The van der Waals surface area contributed by atoms with Crippen molar-refractivity contribution in [3.05, 3.63) is 45.8 Å². The predicted molar refractivity (Wildman–Crippen MR) is 194 cm³/mol. The first-order chi connectivity index (χ1) is 23.8. The first-order valence-corrected chi connectivity index (χ1v) is 19.2. The van der Waals surface area contributed by atoms with E-state index in [0.717, 1.165) is 63.3 Å². The van der Waals surface area contributed by atoms with Crippen molar-refractivity contribution in [1.82, 2.24) is 0 Å². The van der Waals surface area contributed by atoms with Crippen LogP contribution >= 0.6 is 45.3 Å². The highest BCUT2D eigenvalue weighted by molar-refractivity contribution is 7.20. The summed E-state index contributed by atoms with van der Waals surface area (Å²) in [4.78, 5) is 0. The van der Waals surface area contributed by atoms with Gasteiger partial charge in [-0.3, -0.25) is 0 Å². The molecule has 0 aliphatic rings. The third kappa shape index (κ3) is 8.33. The Kier molecular flexibility index (Phi) is 13.4. The maximum absolute atomic E-state index is 9.24. The van der Waals surface area contributed by atoms with Crippen LogP contribution < -0.4 is 18.9 Å². The van der Waals surface area contributed by atoms with Gasteiger partial charge in [0.15, 0.2) is 0 Å². The van der Waals surface area contributed by atoms with Gasteiger partial charge >= 0.3 is 0 Å². The summed E-state index contributed by atoms with van der Waals surface area (Å²) in [7, 11) is 0. The molecule has 0 saturated carbocycles. The Morgan fingerprint density at radius 3 is 0.938 bits per heavy atom. The molecule has 2 aromatic carbocycles. The van der Waals surface area contributed by atoms with Crippen LogP contribution in [0.25, 0.3) is 40.3 Å². The van der Waals surface area contributed by atoms with Crippen molar-refractivity contribution >= 4 is 85.7 Å². The van der Waals surface area contributed by atoms with Gasteiger partial charge in [-0.15, -0.1) is 45.3 Å². The Hall–Kier alpha value is -2.76. The highest BCUT2D eigenvalue weighted by Crippen LogP contribution is 2.48. The lowest BCUT2D eigenvalue weighted by atomic mass is 10.1. The van der Waals surface area contributed by atoms with Crippen molar-refractivity contribution < 1.29 is 48.1 Å². The summed E-state index contributed by atoms with van der Waals surface area (Å²) >= 11 is 6.46. The Morgan fingerprint density at radius 1 is 0.354 bits per heavy atom. The summed E-state index contributed by atoms with van der Waals surface area (Å²) in [5.41, 5.74) is 0. The van der Waals surface area contributed by atoms with Gasteiger partial charge in [0.2, 0.25) is 0 Å². The van der Waals surface area contributed by atoms with Crippen molar-refractivity contribution in [2.45, 2.75) is 0 Å². The number of benzene rings is 2. The monoisotopic (exact) mass is 734 g/mol. The molecule has 0 unspecified atom stereocenters. The average molecular weight is 735 g/mol. The Bertz CT molecular complexity index is 1760. The minimum Gasteiger partial charge on any atom is -0.489 e. The fraction of sp³-hybridized carbons (Fsp3) is 0.412. The molecule has 0 bridgehead atoms. The zero-order chi connectivity index (χ0) is 33.0. The van der Waals surface area contributed by atoms with Crippen molar-refractivity contribution in [2.75, 3.05) is 92.5 Å². The molecule has 14 heteroatoms. The summed E-state index contributed by atoms with van der Waals surface area (Å²) in [6.45, 7) is 4.94. The molecule has 0 atom stereocenters. The van der Waals surface area contributed by atoms with Crippen LogP contribution in [0.4, 0.5) is 0 Å². The number of thiophene rings is 4. The summed E-state index contributed by atoms with van der Waals surface area (Å²) in [5.74, 6) is 3.34. The molecule has 48 heavy (non-hydrogen) atoms. The van der Waals surface area contributed by atoms with E-state index in [9.17, 15) is 5.11 Å². The van der Waals surface area contributed by atoms with Gasteiger partial charge in [0.05, 0.1) is 84.9 Å². The van der Waals surface area contributed by atoms with E-state index in [2.05, 4.69) is 12.1 Å². The normalized spacial score (nSPS) is 11.8. The Balaban J connectivity index is 0.866. The van der Waals surface area contributed by atoms with E-state index in [1.807, 2.05) is 33.7 Å². The fourth-order valence-electron chi connectivity index (χ4n) is 5.18. The van der Waals surface area contributed by atoms with E-state index in [1.165, 1.54) is 0 Å². The van der Waals surface area contributed by atoms with E-state index in [1.54, 1.807) is 45.3 Å². The molecule has 0 aliphatic heterocycles. The number of ether oxygens (including phenoxy) is 8. The quantitative estimate of drug-likeness (QED) is 0.0681. The average Bonchev–Trinajstić information content (AvgIpc) is 3.93. The lowest BCUT2D eigenvalue weighted by molar-refractivity contribution is 0.00526. The topological polar surface area (TPSA) is 114 Å². The van der Waals surface area contributed by atoms with E-state index < -0.39 is 0 Å². The van der Waals surface area contributed by atoms with Gasteiger partial charge in [0.25, 0.3) is 0 Å². The molecule has 2 N–H and O–H groups in total. The van der Waals surface area contributed by atoms with E-state index in [-0.39, 0.29) is 19.8 Å². The van der Waals surface area contributed by atoms with E-state index in [0.29, 0.717) is 72.7 Å². The molecule has 0 saturated heterocycles. The molecular weight excluding hydrogens is 697 g/mol. The summed E-state index contributed by atoms with van der Waals surface area (Å²) in [5, 5.41) is 30.3. The van der Waals surface area contributed by atoms with Gasteiger partial charge in [0.1, 0.15) is 49.4 Å². The Labute approximate surface area is 293 Å². The summed E-state index contributed by atoms with van der Waals surface area (Å²) < 4.78 is 51.1. The molecule has 4 heterocycles. The standard InChI is InChI=1S/C34H38O10S4/c35-5-7-37-13-16-42-29-25-3-21-48-34(25)30(26-4-22-47-33(26)29)44-18-15-40-12-10-38-9-11-39-14-17-43-28-24-2-20-45-31(24)27(41-8-6-36)23-1-19-46-32(23)28/h1-4,19-22,35-36H,5-18H2. The molecular formula is C34H38O10S4. The van der Waals surface area contributed by atoms with Crippen LogP contribution in [0.5, 0.6) is 23.0 Å². The maximum atomic E-state index is 9.24. The lowest BCUT2D eigenvalue weighted by Gasteiger charge is -2.14. The summed E-state index contributed by atoms with van der Waals surface area (Å²) in [6, 6.07) is 8.19. The van der Waals surface area contributed by atoms with Gasteiger partial charge in [-0.05, 0) is 45.8 Å². The van der Waals surface area contributed by atoms with Crippen molar-refractivity contribution in [2.24, 2.45) is 0 Å². The molecule has 0 fully saturated rings. The molecule has 4 aromatic heterocycles. The number of hydrogen-bond acceptors (Lipinski definition) is 14. The minimum absolute atomic E-state index is 0.000751. The Morgan fingerprint density at radius 2 is 0.625 bits per heavy atom. The van der Waals surface area contributed by atoms with Gasteiger partial charge in [-0.2, -0.15) is 0 Å². The van der Waals surface area contributed by atoms with Crippen molar-refractivity contribution in [3.63, 3.8) is 0 Å². The number of hydrogen-bond donors (Lipinski definition) is 2. The van der Waals surface area contributed by atoms with Gasteiger partial charge in [-0.25, -0.2) is 0 Å². The fourth-order valence-corrected chi connectivity index (χ4v) is 8.80. The molecule has 0 spiro atoms. The van der Waals surface area contributed by atoms with Crippen LogP contribution in [0.1, 0.15) is 0 Å². The lowest BCUT2D eigenvalue weighted by Crippen LogP contribution is -2.14. The number of aliphatic hydroxyl groups excluding tert-OH is 2. The number of fused-ring (bicyclic) bond motifs is 4. The number of rotatable bonds is 23. The second-order valence-electron chi connectivity index (χ2n) is 10.3. The highest BCUT2D eigenvalue weighted by Gasteiger charge is 2.20. The zero-order valence-electron chi connectivity index (χ0n) is 26.3. The molecule has 6 aromatic rings. The molecule has 0 radical (unpaired) electrons. The molecule has 6 rings (SSSR count). The van der Waals surface area contributed by atoms with Gasteiger partial charge in [0, 0.05) is 21.5 Å². The van der Waals surface area contributed by atoms with E-state index in [4.69, 9.17) is 43.0 Å². The zero-order valence-corrected chi connectivity index (χ0v) is 29.6. The first kappa shape index (κ1) is 35.1. The smallest absolute Gasteiger partial charge is 0.146 e. The van der Waals surface area contributed by atoms with Crippen molar-refractivity contribution in [1.29, 1.82) is 0 Å². The maximum Gasteiger partial charge on any atom is 0.146 e. The second-order valence-corrected chi connectivity index (χ2v) is 13.9. The van der Waals surface area contributed by atoms with Crippen LogP contribution in [0, 0.1) is 0 Å². The van der Waals surface area contributed by atoms with Crippen LogP contribution in [0.3, 0.4) is 0 Å². The van der Waals surface area contributed by atoms with Crippen LogP contribution in [-0.2, 0) is 18.9 Å². The number of aliphatic hydroxyl groups is 2. The SMILES string of the molecule is OCCOCCOc1c2ccsc2c(OCCOCCOCCOCCOc2c3ccsc3c(OCCO)c3ccsc23)c2ccsc12.